The number of nitrogens with two attached hydrogens (primary N) is 1. The van der Waals surface area contributed by atoms with E-state index in [0.29, 0.717) is 15.6 Å². The summed E-state index contributed by atoms with van der Waals surface area (Å²) in [5.41, 5.74) is 6.34. The largest absolute Gasteiger partial charge is 0.504 e. The molecular weight excluding hydrogens is 468 g/mol. The summed E-state index contributed by atoms with van der Waals surface area (Å²) in [5, 5.41) is 28.6. The van der Waals surface area contributed by atoms with Crippen LogP contribution in [0.2, 0.25) is 0 Å². The van der Waals surface area contributed by atoms with Crippen LogP contribution in [0.3, 0.4) is 0 Å². The van der Waals surface area contributed by atoms with E-state index in [0.717, 1.165) is 0 Å². The molecule has 24 heavy (non-hydrogen) atoms. The van der Waals surface area contributed by atoms with Gasteiger partial charge in [0.15, 0.2) is 11.5 Å². The fraction of sp³-hybridized carbons (Fsp3) is 0.286. The first-order chi connectivity index (χ1) is 11.2. The van der Waals surface area contributed by atoms with Crippen molar-refractivity contribution < 1.29 is 24.9 Å². The van der Waals surface area contributed by atoms with E-state index in [2.05, 4.69) is 31.9 Å². The molecule has 1 aromatic rings. The minimum absolute atomic E-state index is 0.145. The number of hydrogen-bond donors (Lipinski definition) is 4. The second kappa shape index (κ2) is 5.94. The number of fused-ring (bicyclic) bond motifs is 1. The predicted octanol–water partition coefficient (Wildman–Crippen LogP) is 2.05. The number of aliphatic carboxylic acids is 1. The van der Waals surface area contributed by atoms with Crippen LogP contribution >= 0.6 is 43.6 Å². The molecule has 0 aliphatic carbocycles. The Kier molecular flexibility index (Phi) is 4.35. The first kappa shape index (κ1) is 17.6. The molecule has 0 radical (unpaired) electrons. The van der Waals surface area contributed by atoms with Crippen molar-refractivity contribution in [2.75, 3.05) is 0 Å². The van der Waals surface area contributed by atoms with E-state index in [1.807, 2.05) is 0 Å². The molecule has 2 heterocycles. The van der Waals surface area contributed by atoms with Gasteiger partial charge < -0.3 is 21.1 Å². The van der Waals surface area contributed by atoms with Crippen molar-refractivity contribution in [3.8, 4) is 11.5 Å². The molecule has 5 N–H and O–H groups in total. The number of nitrogens with zero attached hydrogens (tertiary/aromatic N) is 1. The quantitative estimate of drug-likeness (QED) is 0.378. The van der Waals surface area contributed by atoms with Crippen molar-refractivity contribution in [1.82, 2.24) is 4.90 Å². The van der Waals surface area contributed by atoms with E-state index in [1.165, 1.54) is 22.7 Å². The molecule has 7 nitrogen and oxygen atoms in total. The van der Waals surface area contributed by atoms with Crippen molar-refractivity contribution in [2.24, 2.45) is 5.73 Å². The van der Waals surface area contributed by atoms with Crippen LogP contribution in [0.5, 0.6) is 11.5 Å². The number of phenols is 2. The number of aromatic hydroxyl groups is 2. The van der Waals surface area contributed by atoms with Crippen LogP contribution in [-0.2, 0) is 9.59 Å². The number of thioether (sulfide) groups is 1. The molecule has 2 unspecified atom stereocenters. The van der Waals surface area contributed by atoms with Crippen molar-refractivity contribution in [1.29, 1.82) is 0 Å². The Hall–Kier alpha value is -1.23. The molecule has 0 aromatic heterocycles. The Bertz CT molecular complexity index is 813. The number of carbonyl (C=O) groups is 2. The highest BCUT2D eigenvalue weighted by Gasteiger charge is 2.54. The molecular formula is C14H12Br2N2O5S. The third kappa shape index (κ3) is 2.35. The van der Waals surface area contributed by atoms with Gasteiger partial charge in [-0.05, 0) is 44.8 Å². The molecule has 128 valence electrons. The maximum Gasteiger partial charge on any atom is 0.353 e. The van der Waals surface area contributed by atoms with Gasteiger partial charge in [0.1, 0.15) is 17.1 Å². The van der Waals surface area contributed by atoms with E-state index in [1.54, 1.807) is 6.92 Å². The molecule has 0 saturated carbocycles. The van der Waals surface area contributed by atoms with Gasteiger partial charge in [-0.1, -0.05) is 0 Å². The van der Waals surface area contributed by atoms with Gasteiger partial charge in [-0.15, -0.1) is 11.8 Å². The van der Waals surface area contributed by atoms with Crippen molar-refractivity contribution in [2.45, 2.75) is 23.6 Å². The number of rotatable bonds is 2. The van der Waals surface area contributed by atoms with Gasteiger partial charge in [-0.25, -0.2) is 4.79 Å². The highest BCUT2D eigenvalue weighted by molar-refractivity contribution is 9.11. The highest BCUT2D eigenvalue weighted by Crippen LogP contribution is 2.51. The Labute approximate surface area is 157 Å². The molecule has 10 heteroatoms. The Balaban J connectivity index is 2.30. The average Bonchev–Trinajstić information content (AvgIpc) is 2.52. The predicted molar refractivity (Wildman–Crippen MR) is 95.4 cm³/mol. The number of carboxylic acid groups (broad SMARTS) is 1. The summed E-state index contributed by atoms with van der Waals surface area (Å²) < 4.78 is 0.535. The van der Waals surface area contributed by atoms with Gasteiger partial charge in [-0.3, -0.25) is 9.69 Å². The normalized spacial score (nSPS) is 26.2. The van der Waals surface area contributed by atoms with Crippen LogP contribution in [0.4, 0.5) is 0 Å². The fourth-order valence-corrected chi connectivity index (χ4v) is 5.78. The van der Waals surface area contributed by atoms with Crippen LogP contribution in [0.1, 0.15) is 12.5 Å². The van der Waals surface area contributed by atoms with Gasteiger partial charge in [0.05, 0.1) is 4.47 Å². The zero-order chi connectivity index (χ0) is 17.9. The van der Waals surface area contributed by atoms with E-state index in [9.17, 15) is 24.9 Å². The lowest BCUT2D eigenvalue weighted by Crippen LogP contribution is -2.68. The van der Waals surface area contributed by atoms with Crippen LogP contribution < -0.4 is 5.73 Å². The zero-order valence-corrected chi connectivity index (χ0v) is 16.1. The van der Waals surface area contributed by atoms with Crippen molar-refractivity contribution >= 4 is 61.1 Å². The van der Waals surface area contributed by atoms with Crippen LogP contribution in [0, 0.1) is 0 Å². The summed E-state index contributed by atoms with van der Waals surface area (Å²) in [7, 11) is 0. The third-order valence-corrected chi connectivity index (χ3v) is 6.80. The minimum Gasteiger partial charge on any atom is -0.504 e. The second-order valence-electron chi connectivity index (χ2n) is 5.39. The van der Waals surface area contributed by atoms with Gasteiger partial charge in [-0.2, -0.15) is 0 Å². The number of benzene rings is 1. The van der Waals surface area contributed by atoms with Crippen molar-refractivity contribution in [3.05, 3.63) is 26.3 Å². The topological polar surface area (TPSA) is 124 Å². The molecule has 0 spiro atoms. The summed E-state index contributed by atoms with van der Waals surface area (Å²) >= 11 is 7.86. The molecule has 1 amide bonds. The minimum atomic E-state index is -1.26. The summed E-state index contributed by atoms with van der Waals surface area (Å²) in [6.45, 7) is 1.80. The van der Waals surface area contributed by atoms with E-state index in [-0.39, 0.29) is 21.2 Å². The summed E-state index contributed by atoms with van der Waals surface area (Å²) in [6.07, 6.45) is 0. The maximum absolute atomic E-state index is 12.1. The molecule has 0 bridgehead atoms. The van der Waals surface area contributed by atoms with Crippen molar-refractivity contribution in [3.63, 3.8) is 0 Å². The highest BCUT2D eigenvalue weighted by atomic mass is 79.9. The first-order valence-electron chi connectivity index (χ1n) is 6.78. The van der Waals surface area contributed by atoms with E-state index < -0.39 is 29.0 Å². The Morgan fingerprint density at radius 3 is 2.58 bits per heavy atom. The van der Waals surface area contributed by atoms with Gasteiger partial charge in [0, 0.05) is 20.9 Å². The lowest BCUT2D eigenvalue weighted by atomic mass is 9.95. The molecule has 1 fully saturated rings. The van der Waals surface area contributed by atoms with Gasteiger partial charge >= 0.3 is 5.97 Å². The van der Waals surface area contributed by atoms with Gasteiger partial charge in [0.2, 0.25) is 5.91 Å². The number of amides is 1. The molecule has 2 aliphatic heterocycles. The molecule has 2 aliphatic rings. The number of hydrogen-bond acceptors (Lipinski definition) is 6. The summed E-state index contributed by atoms with van der Waals surface area (Å²) in [5.74, 6) is -2.47. The summed E-state index contributed by atoms with van der Waals surface area (Å²) in [4.78, 5) is 25.1. The smallest absolute Gasteiger partial charge is 0.353 e. The van der Waals surface area contributed by atoms with E-state index >= 15 is 0 Å². The Morgan fingerprint density at radius 2 is 2.00 bits per heavy atom. The molecule has 3 rings (SSSR count). The van der Waals surface area contributed by atoms with Crippen LogP contribution in [-0.4, -0.2) is 48.8 Å². The molecule has 3 atom stereocenters. The first-order valence-corrected chi connectivity index (χ1v) is 9.31. The van der Waals surface area contributed by atoms with Gasteiger partial charge in [0.25, 0.3) is 0 Å². The van der Waals surface area contributed by atoms with E-state index in [4.69, 9.17) is 5.73 Å². The third-order valence-electron chi connectivity index (χ3n) is 3.97. The molecule has 1 aromatic carbocycles. The number of carbonyl (C=O) groups excluding carboxylic acids is 1. The average molecular weight is 480 g/mol. The monoisotopic (exact) mass is 478 g/mol. The number of β-lactam (4-membered cyclic amide) rings is 1. The second-order valence-corrected chi connectivity index (χ2v) is 8.50. The SMILES string of the molecule is CC1S[C@@H]2C(N)C(=O)N2C(C(=O)O)=C1c1c(Br)cc(O)c(O)c1Br. The Morgan fingerprint density at radius 1 is 1.38 bits per heavy atom. The standard InChI is InChI=1S/C14H12Br2N2O5S/c1-3-6(7-4(15)2-5(19)11(20)8(7)16)10(14(22)23)18-12(21)9(17)13(18)24-3/h2-3,9,13,19-20H,17H2,1H3,(H,22,23)/t3?,9?,13-/m1/s1. The molecule has 1 saturated heterocycles. The number of carboxylic acids is 1. The maximum atomic E-state index is 12.1. The van der Waals surface area contributed by atoms with Crippen LogP contribution in [0.15, 0.2) is 20.7 Å². The fourth-order valence-electron chi connectivity index (χ4n) is 2.85. The zero-order valence-electron chi connectivity index (χ0n) is 12.2. The number of halogens is 2. The van der Waals surface area contributed by atoms with Crippen LogP contribution in [0.25, 0.3) is 5.57 Å². The summed E-state index contributed by atoms with van der Waals surface area (Å²) in [6, 6.07) is 0.545. The number of phenolic OH excluding ortho intramolecular Hbond substituents is 2. The lowest BCUT2D eigenvalue weighted by molar-refractivity contribution is -0.147. The lowest BCUT2D eigenvalue weighted by Gasteiger charge is -2.50.